The zero-order chi connectivity index (χ0) is 15.2. The van der Waals surface area contributed by atoms with E-state index in [2.05, 4.69) is 20.8 Å². The highest BCUT2D eigenvalue weighted by Gasteiger charge is 2.22. The third-order valence-corrected chi connectivity index (χ3v) is 3.93. The molecule has 116 valence electrons. The molecule has 1 aliphatic rings. The number of amides is 1. The molecule has 0 fully saturated rings. The molecule has 0 spiro atoms. The molecule has 2 rings (SSSR count). The van der Waals surface area contributed by atoms with Crippen LogP contribution in [0.1, 0.15) is 50.4 Å². The van der Waals surface area contributed by atoms with E-state index in [1.165, 1.54) is 0 Å². The molecule has 0 N–H and O–H groups in total. The van der Waals surface area contributed by atoms with Gasteiger partial charge in [0.15, 0.2) is 11.5 Å². The number of fused-ring (bicyclic) bond motifs is 1. The Hall–Kier alpha value is -1.71. The average Bonchev–Trinajstić information content (AvgIpc) is 2.54. The van der Waals surface area contributed by atoms with Crippen molar-refractivity contribution in [2.45, 2.75) is 46.1 Å². The maximum absolute atomic E-state index is 12.8. The van der Waals surface area contributed by atoms with Crippen LogP contribution in [-0.4, -0.2) is 36.6 Å². The summed E-state index contributed by atoms with van der Waals surface area (Å²) in [6.07, 6.45) is 3.07. The molecular weight excluding hydrogens is 266 g/mol. The van der Waals surface area contributed by atoms with Crippen LogP contribution < -0.4 is 9.47 Å². The minimum Gasteiger partial charge on any atom is -0.486 e. The zero-order valence-corrected chi connectivity index (χ0v) is 13.2. The number of nitrogens with zero attached hydrogens (tertiary/aromatic N) is 1. The van der Waals surface area contributed by atoms with Gasteiger partial charge in [0, 0.05) is 18.2 Å². The Bertz CT molecular complexity index is 487. The van der Waals surface area contributed by atoms with Gasteiger partial charge in [-0.05, 0) is 38.0 Å². The van der Waals surface area contributed by atoms with Crippen molar-refractivity contribution in [3.05, 3.63) is 23.8 Å². The van der Waals surface area contributed by atoms with Gasteiger partial charge in [-0.25, -0.2) is 0 Å². The lowest BCUT2D eigenvalue weighted by atomic mass is 10.1. The molecule has 0 saturated carbocycles. The molecule has 4 heteroatoms. The highest BCUT2D eigenvalue weighted by Crippen LogP contribution is 2.31. The van der Waals surface area contributed by atoms with Gasteiger partial charge in [0.1, 0.15) is 13.2 Å². The van der Waals surface area contributed by atoms with Gasteiger partial charge in [0.25, 0.3) is 5.91 Å². The van der Waals surface area contributed by atoms with Crippen LogP contribution in [0.15, 0.2) is 18.2 Å². The van der Waals surface area contributed by atoms with Crippen LogP contribution in [0.25, 0.3) is 0 Å². The molecule has 0 radical (unpaired) electrons. The van der Waals surface area contributed by atoms with E-state index in [-0.39, 0.29) is 11.9 Å². The predicted octanol–water partition coefficient (Wildman–Crippen LogP) is 3.50. The van der Waals surface area contributed by atoms with Crippen molar-refractivity contribution < 1.29 is 14.3 Å². The summed E-state index contributed by atoms with van der Waals surface area (Å²) in [6, 6.07) is 5.71. The summed E-state index contributed by atoms with van der Waals surface area (Å²) in [6.45, 7) is 8.26. The number of benzene rings is 1. The van der Waals surface area contributed by atoms with Crippen molar-refractivity contribution in [2.24, 2.45) is 0 Å². The SMILES string of the molecule is CCCCN(C(=O)c1ccc2c(c1)OCCO2)[C@@H](C)CC. The normalized spacial score (nSPS) is 14.6. The lowest BCUT2D eigenvalue weighted by Gasteiger charge is -2.29. The van der Waals surface area contributed by atoms with Crippen molar-refractivity contribution in [1.82, 2.24) is 4.90 Å². The highest BCUT2D eigenvalue weighted by molar-refractivity contribution is 5.95. The third-order valence-electron chi connectivity index (χ3n) is 3.93. The Balaban J connectivity index is 2.19. The van der Waals surface area contributed by atoms with Crippen molar-refractivity contribution in [3.63, 3.8) is 0 Å². The summed E-state index contributed by atoms with van der Waals surface area (Å²) in [5, 5.41) is 0. The number of hydrogen-bond donors (Lipinski definition) is 0. The number of ether oxygens (including phenoxy) is 2. The molecule has 1 heterocycles. The summed E-state index contributed by atoms with van der Waals surface area (Å²) in [4.78, 5) is 14.7. The highest BCUT2D eigenvalue weighted by atomic mass is 16.6. The fourth-order valence-corrected chi connectivity index (χ4v) is 2.41. The predicted molar refractivity (Wildman–Crippen MR) is 83.1 cm³/mol. The van der Waals surface area contributed by atoms with Crippen LogP contribution in [-0.2, 0) is 0 Å². The third kappa shape index (κ3) is 3.69. The maximum Gasteiger partial charge on any atom is 0.254 e. The van der Waals surface area contributed by atoms with Gasteiger partial charge in [0.2, 0.25) is 0 Å². The first-order chi connectivity index (χ1) is 10.2. The van der Waals surface area contributed by atoms with E-state index in [1.807, 2.05) is 17.0 Å². The van der Waals surface area contributed by atoms with E-state index in [4.69, 9.17) is 9.47 Å². The summed E-state index contributed by atoms with van der Waals surface area (Å²) < 4.78 is 11.1. The number of hydrogen-bond acceptors (Lipinski definition) is 3. The molecule has 0 aromatic heterocycles. The van der Waals surface area contributed by atoms with E-state index in [9.17, 15) is 4.79 Å². The Labute approximate surface area is 127 Å². The van der Waals surface area contributed by atoms with Crippen molar-refractivity contribution in [3.8, 4) is 11.5 Å². The lowest BCUT2D eigenvalue weighted by Crippen LogP contribution is -2.39. The van der Waals surface area contributed by atoms with Crippen LogP contribution in [0.2, 0.25) is 0 Å². The topological polar surface area (TPSA) is 38.8 Å². The summed E-state index contributed by atoms with van der Waals surface area (Å²) in [5.74, 6) is 1.47. The van der Waals surface area contributed by atoms with Crippen LogP contribution in [0.3, 0.4) is 0 Å². The fraction of sp³-hybridized carbons (Fsp3) is 0.588. The molecule has 1 amide bonds. The first-order valence-corrected chi connectivity index (χ1v) is 7.88. The van der Waals surface area contributed by atoms with Crippen LogP contribution in [0.4, 0.5) is 0 Å². The Kier molecular flexibility index (Phi) is 5.48. The standard InChI is InChI=1S/C17H25NO3/c1-4-6-9-18(13(3)5-2)17(19)14-7-8-15-16(12-14)21-11-10-20-15/h7-8,12-13H,4-6,9-11H2,1-3H3/t13-/m0/s1. The van der Waals surface area contributed by atoms with E-state index in [1.54, 1.807) is 6.07 Å². The summed E-state index contributed by atoms with van der Waals surface area (Å²) in [7, 11) is 0. The molecular formula is C17H25NO3. The molecule has 0 bridgehead atoms. The van der Waals surface area contributed by atoms with Crippen LogP contribution in [0, 0.1) is 0 Å². The van der Waals surface area contributed by atoms with E-state index < -0.39 is 0 Å². The number of carbonyl (C=O) groups excluding carboxylic acids is 1. The van der Waals surface area contributed by atoms with Crippen LogP contribution >= 0.6 is 0 Å². The number of unbranched alkanes of at least 4 members (excludes halogenated alkanes) is 1. The largest absolute Gasteiger partial charge is 0.486 e. The van der Waals surface area contributed by atoms with Crippen molar-refractivity contribution >= 4 is 5.91 Å². The molecule has 21 heavy (non-hydrogen) atoms. The van der Waals surface area contributed by atoms with Gasteiger partial charge in [-0.3, -0.25) is 4.79 Å². The van der Waals surface area contributed by atoms with Crippen molar-refractivity contribution in [2.75, 3.05) is 19.8 Å². The quantitative estimate of drug-likeness (QED) is 0.805. The van der Waals surface area contributed by atoms with Gasteiger partial charge >= 0.3 is 0 Å². The number of rotatable bonds is 6. The minimum atomic E-state index is 0.0785. The van der Waals surface area contributed by atoms with Gasteiger partial charge in [-0.1, -0.05) is 20.3 Å². The van der Waals surface area contributed by atoms with Gasteiger partial charge in [-0.15, -0.1) is 0 Å². The summed E-state index contributed by atoms with van der Waals surface area (Å²) >= 11 is 0. The van der Waals surface area contributed by atoms with Gasteiger partial charge < -0.3 is 14.4 Å². The zero-order valence-electron chi connectivity index (χ0n) is 13.2. The molecule has 0 saturated heterocycles. The van der Waals surface area contributed by atoms with E-state index in [0.29, 0.717) is 24.5 Å². The molecule has 4 nitrogen and oxygen atoms in total. The molecule has 1 aromatic rings. The van der Waals surface area contributed by atoms with E-state index in [0.717, 1.165) is 31.6 Å². The van der Waals surface area contributed by atoms with Crippen molar-refractivity contribution in [1.29, 1.82) is 0 Å². The lowest BCUT2D eigenvalue weighted by molar-refractivity contribution is 0.0684. The Morgan fingerprint density at radius 3 is 2.62 bits per heavy atom. The second kappa shape index (κ2) is 7.34. The van der Waals surface area contributed by atoms with Gasteiger partial charge in [0.05, 0.1) is 0 Å². The molecule has 0 aliphatic carbocycles. The summed E-state index contributed by atoms with van der Waals surface area (Å²) in [5.41, 5.74) is 0.677. The van der Waals surface area contributed by atoms with E-state index >= 15 is 0 Å². The smallest absolute Gasteiger partial charge is 0.254 e. The fourth-order valence-electron chi connectivity index (χ4n) is 2.41. The monoisotopic (exact) mass is 291 g/mol. The average molecular weight is 291 g/mol. The second-order valence-electron chi connectivity index (χ2n) is 5.47. The minimum absolute atomic E-state index is 0.0785. The number of carbonyl (C=O) groups is 1. The first kappa shape index (κ1) is 15.7. The molecule has 0 unspecified atom stereocenters. The Morgan fingerprint density at radius 2 is 1.95 bits per heavy atom. The molecule has 1 atom stereocenters. The van der Waals surface area contributed by atoms with Crippen LogP contribution in [0.5, 0.6) is 11.5 Å². The maximum atomic E-state index is 12.8. The molecule has 1 aliphatic heterocycles. The first-order valence-electron chi connectivity index (χ1n) is 7.88. The Morgan fingerprint density at radius 1 is 1.24 bits per heavy atom. The van der Waals surface area contributed by atoms with Gasteiger partial charge in [-0.2, -0.15) is 0 Å². The molecule has 1 aromatic carbocycles. The second-order valence-corrected chi connectivity index (χ2v) is 5.47.